The third-order valence-electron chi connectivity index (χ3n) is 8.72. The van der Waals surface area contributed by atoms with Crippen LogP contribution in [0.5, 0.6) is 5.75 Å². The number of ketones is 5. The predicted molar refractivity (Wildman–Crippen MR) is 133 cm³/mol. The first-order chi connectivity index (χ1) is 18.4. The number of hydrogen-bond donors (Lipinski definition) is 3. The van der Waals surface area contributed by atoms with Crippen LogP contribution in [0.4, 0.5) is 0 Å². The molecule has 1 heterocycles. The van der Waals surface area contributed by atoms with Crippen LogP contribution < -0.4 is 5.73 Å². The summed E-state index contributed by atoms with van der Waals surface area (Å²) in [4.78, 5) is 82.8. The minimum atomic E-state index is -2.78. The Balaban J connectivity index is 1.56. The summed E-state index contributed by atoms with van der Waals surface area (Å²) in [5.74, 6) is -11.5. The van der Waals surface area contributed by atoms with Crippen LogP contribution in [0.3, 0.4) is 0 Å². The molecule has 12 nitrogen and oxygen atoms in total. The number of Topliss-reactive ketones (excluding diaryl/α,β-unsaturated/α-hetero) is 5. The van der Waals surface area contributed by atoms with Crippen LogP contribution in [-0.4, -0.2) is 113 Å². The molecule has 3 fully saturated rings. The van der Waals surface area contributed by atoms with Gasteiger partial charge in [-0.2, -0.15) is 0 Å². The quantitative estimate of drug-likeness (QED) is 0.288. The number of nitrogens with two attached hydrogens (primary N) is 1. The third kappa shape index (κ3) is 4.05. The molecule has 6 unspecified atom stereocenters. The summed E-state index contributed by atoms with van der Waals surface area (Å²) in [5.41, 5.74) is 2.92. The molecule has 12 heteroatoms. The van der Waals surface area contributed by atoms with E-state index in [4.69, 9.17) is 10.5 Å². The van der Waals surface area contributed by atoms with E-state index >= 15 is 0 Å². The van der Waals surface area contributed by atoms with Crippen LogP contribution in [0.1, 0.15) is 32.7 Å². The molecule has 0 bridgehead atoms. The van der Waals surface area contributed by atoms with E-state index in [0.717, 1.165) is 0 Å². The van der Waals surface area contributed by atoms with Crippen LogP contribution in [-0.2, 0) is 30.3 Å². The van der Waals surface area contributed by atoms with Gasteiger partial charge in [0.1, 0.15) is 5.75 Å². The Morgan fingerprint density at radius 1 is 1.13 bits per heavy atom. The average molecular weight is 542 g/mol. The Morgan fingerprint density at radius 2 is 1.79 bits per heavy atom. The molecule has 3 aliphatic carbocycles. The standard InChI is InChI=1S/C27H31N3O9/c1-29(2)21-15-10-12-9-14-13(17(32)11-30-5-7-39-8-6-30)3-4-16(31)19(14)22(33)18(12)24(35)27(15,38)25(36)20(23(21)34)26(28)37/h3-4,12,15,18,20-21,31,38H,5-11H2,1-2H3,(H2,28,37). The second kappa shape index (κ2) is 9.70. The average Bonchev–Trinajstić information content (AvgIpc) is 2.86. The monoisotopic (exact) mass is 541 g/mol. The number of carbonyl (C=O) groups excluding carboxylic acids is 6. The molecule has 4 N–H and O–H groups in total. The van der Waals surface area contributed by atoms with Crippen molar-refractivity contribution in [2.75, 3.05) is 46.9 Å². The number of nitrogens with zero attached hydrogens (tertiary/aromatic N) is 2. The van der Waals surface area contributed by atoms with Gasteiger partial charge in [0.15, 0.2) is 40.4 Å². The van der Waals surface area contributed by atoms with E-state index in [1.54, 1.807) is 0 Å². The molecule has 2 saturated carbocycles. The number of aliphatic hydroxyl groups is 1. The van der Waals surface area contributed by atoms with E-state index in [-0.39, 0.29) is 36.3 Å². The van der Waals surface area contributed by atoms with Gasteiger partial charge < -0.3 is 20.7 Å². The van der Waals surface area contributed by atoms with Crippen molar-refractivity contribution in [1.29, 1.82) is 0 Å². The molecule has 1 aromatic carbocycles. The van der Waals surface area contributed by atoms with Crippen LogP contribution in [0, 0.1) is 23.7 Å². The Bertz CT molecular complexity index is 1300. The Labute approximate surface area is 224 Å². The lowest BCUT2D eigenvalue weighted by Crippen LogP contribution is -2.74. The lowest BCUT2D eigenvalue weighted by atomic mass is 9.52. The topological polar surface area (TPSA) is 185 Å². The van der Waals surface area contributed by atoms with E-state index in [1.165, 1.54) is 31.1 Å². The van der Waals surface area contributed by atoms with Crippen molar-refractivity contribution in [3.8, 4) is 5.75 Å². The summed E-state index contributed by atoms with van der Waals surface area (Å²) in [7, 11) is 3.05. The van der Waals surface area contributed by atoms with Crippen molar-refractivity contribution in [3.05, 3.63) is 28.8 Å². The zero-order valence-corrected chi connectivity index (χ0v) is 21.7. The largest absolute Gasteiger partial charge is 0.507 e. The highest BCUT2D eigenvalue weighted by molar-refractivity contribution is 6.32. The zero-order valence-electron chi connectivity index (χ0n) is 21.7. The summed E-state index contributed by atoms with van der Waals surface area (Å²) in [6.45, 7) is 2.23. The van der Waals surface area contributed by atoms with Gasteiger partial charge in [-0.05, 0) is 50.6 Å². The summed E-state index contributed by atoms with van der Waals surface area (Å²) < 4.78 is 5.33. The molecule has 1 aromatic rings. The first kappa shape index (κ1) is 27.3. The molecule has 6 atom stereocenters. The van der Waals surface area contributed by atoms with E-state index < -0.39 is 70.1 Å². The molecular formula is C27H31N3O9. The summed E-state index contributed by atoms with van der Waals surface area (Å²) >= 11 is 0. The maximum Gasteiger partial charge on any atom is 0.235 e. The molecule has 5 rings (SSSR count). The van der Waals surface area contributed by atoms with Gasteiger partial charge in [-0.3, -0.25) is 38.6 Å². The third-order valence-corrected chi connectivity index (χ3v) is 8.72. The number of primary amides is 1. The number of phenolic OH excluding ortho intramolecular Hbond substituents is 1. The first-order valence-corrected chi connectivity index (χ1v) is 12.9. The number of fused-ring (bicyclic) bond motifs is 3. The van der Waals surface area contributed by atoms with Gasteiger partial charge in [0.25, 0.3) is 0 Å². The van der Waals surface area contributed by atoms with Crippen LogP contribution >= 0.6 is 0 Å². The first-order valence-electron chi connectivity index (χ1n) is 12.9. The minimum Gasteiger partial charge on any atom is -0.507 e. The fourth-order valence-electron chi connectivity index (χ4n) is 6.91. The maximum atomic E-state index is 13.8. The Kier molecular flexibility index (Phi) is 6.78. The fourth-order valence-corrected chi connectivity index (χ4v) is 6.91. The van der Waals surface area contributed by atoms with Crippen molar-refractivity contribution < 1.29 is 43.7 Å². The van der Waals surface area contributed by atoms with E-state index in [9.17, 15) is 39.0 Å². The van der Waals surface area contributed by atoms with Gasteiger partial charge in [0.2, 0.25) is 5.91 Å². The second-order valence-electron chi connectivity index (χ2n) is 11.1. The summed E-state index contributed by atoms with van der Waals surface area (Å²) in [6.07, 6.45) is -0.0267. The van der Waals surface area contributed by atoms with Crippen molar-refractivity contribution in [3.63, 3.8) is 0 Å². The van der Waals surface area contributed by atoms with Gasteiger partial charge in [0.05, 0.1) is 37.3 Å². The number of rotatable bonds is 5. The number of amides is 1. The summed E-state index contributed by atoms with van der Waals surface area (Å²) in [6, 6.07) is 1.50. The van der Waals surface area contributed by atoms with Crippen molar-refractivity contribution in [2.45, 2.75) is 24.5 Å². The molecule has 0 spiro atoms. The van der Waals surface area contributed by atoms with Gasteiger partial charge in [-0.25, -0.2) is 0 Å². The number of morpholine rings is 1. The van der Waals surface area contributed by atoms with Crippen LogP contribution in [0.15, 0.2) is 12.1 Å². The predicted octanol–water partition coefficient (Wildman–Crippen LogP) is -1.62. The number of carbonyl (C=O) groups is 6. The highest BCUT2D eigenvalue weighted by Gasteiger charge is 2.69. The lowest BCUT2D eigenvalue weighted by Gasteiger charge is -2.52. The summed E-state index contributed by atoms with van der Waals surface area (Å²) in [5, 5.41) is 22.2. The van der Waals surface area contributed by atoms with Crippen molar-refractivity contribution >= 4 is 34.8 Å². The normalized spacial score (nSPS) is 33.0. The lowest BCUT2D eigenvalue weighted by molar-refractivity contribution is -0.181. The van der Waals surface area contributed by atoms with Crippen LogP contribution in [0.25, 0.3) is 0 Å². The van der Waals surface area contributed by atoms with E-state index in [0.29, 0.717) is 31.9 Å². The molecule has 208 valence electrons. The van der Waals surface area contributed by atoms with Gasteiger partial charge in [0, 0.05) is 24.6 Å². The highest BCUT2D eigenvalue weighted by Crippen LogP contribution is 2.51. The molecular weight excluding hydrogens is 510 g/mol. The van der Waals surface area contributed by atoms with Crippen LogP contribution in [0.2, 0.25) is 0 Å². The number of phenols is 1. The maximum absolute atomic E-state index is 13.8. The SMILES string of the molecule is CN(C)C1C(=O)C(C(N)=O)C(=O)C2(O)C(=O)C3C(=O)c4c(O)ccc(C(=O)CN5CCOCC5)c4CC3CC12. The smallest absolute Gasteiger partial charge is 0.235 e. The second-order valence-corrected chi connectivity index (χ2v) is 11.1. The number of aromatic hydroxyl groups is 1. The number of ether oxygens (including phenoxy) is 1. The number of benzene rings is 1. The molecule has 0 radical (unpaired) electrons. The van der Waals surface area contributed by atoms with Crippen molar-refractivity contribution in [2.24, 2.45) is 29.4 Å². The zero-order chi connectivity index (χ0) is 28.4. The van der Waals surface area contributed by atoms with E-state index in [1.807, 2.05) is 4.90 Å². The van der Waals surface area contributed by atoms with Gasteiger partial charge in [-0.15, -0.1) is 0 Å². The molecule has 1 saturated heterocycles. The Morgan fingerprint density at radius 3 is 2.41 bits per heavy atom. The van der Waals surface area contributed by atoms with Gasteiger partial charge >= 0.3 is 0 Å². The molecule has 1 amide bonds. The van der Waals surface area contributed by atoms with E-state index in [2.05, 4.69) is 0 Å². The highest BCUT2D eigenvalue weighted by atomic mass is 16.5. The number of hydrogen-bond acceptors (Lipinski definition) is 11. The Hall–Kier alpha value is -3.32. The molecule has 4 aliphatic rings. The molecule has 0 aromatic heterocycles. The van der Waals surface area contributed by atoms with Crippen molar-refractivity contribution in [1.82, 2.24) is 9.80 Å². The molecule has 1 aliphatic heterocycles. The van der Waals surface area contributed by atoms with Gasteiger partial charge in [-0.1, -0.05) is 0 Å². The fraction of sp³-hybridized carbons (Fsp3) is 0.556. The molecule has 39 heavy (non-hydrogen) atoms. The number of likely N-dealkylation sites (N-methyl/N-ethyl adjacent to an activating group) is 1. The minimum absolute atomic E-state index is 0.0461.